The van der Waals surface area contributed by atoms with Crippen molar-refractivity contribution in [2.75, 3.05) is 12.4 Å². The number of nitrogens with one attached hydrogen (secondary N) is 2. The molecule has 0 aliphatic rings. The van der Waals surface area contributed by atoms with Gasteiger partial charge in [-0.2, -0.15) is 0 Å². The van der Waals surface area contributed by atoms with Gasteiger partial charge in [-0.25, -0.2) is 4.98 Å². The Hall–Kier alpha value is -3.23. The minimum Gasteiger partial charge on any atom is -0.495 e. The number of carbonyl (C=O) groups excluding carboxylic acids is 1. The predicted molar refractivity (Wildman–Crippen MR) is 123 cm³/mol. The highest BCUT2D eigenvalue weighted by Crippen LogP contribution is 2.32. The summed E-state index contributed by atoms with van der Waals surface area (Å²) in [5.41, 5.74) is 5.20. The molecular weight excluding hydrogens is 418 g/mol. The summed E-state index contributed by atoms with van der Waals surface area (Å²) in [6.45, 7) is 4.09. The fourth-order valence-corrected chi connectivity index (χ4v) is 3.79. The number of thiophene rings is 1. The zero-order valence-corrected chi connectivity index (χ0v) is 18.2. The van der Waals surface area contributed by atoms with E-state index in [2.05, 4.69) is 15.6 Å². The Morgan fingerprint density at radius 3 is 2.70 bits per heavy atom. The van der Waals surface area contributed by atoms with Gasteiger partial charge in [0, 0.05) is 5.56 Å². The van der Waals surface area contributed by atoms with E-state index in [1.54, 1.807) is 19.2 Å². The van der Waals surface area contributed by atoms with Crippen LogP contribution in [0.15, 0.2) is 52.3 Å². The molecule has 0 radical (unpaired) electrons. The summed E-state index contributed by atoms with van der Waals surface area (Å²) in [5.74, 6) is 0.811. The van der Waals surface area contributed by atoms with E-state index in [0.717, 1.165) is 27.8 Å². The first-order valence-corrected chi connectivity index (χ1v) is 10.5. The molecule has 0 saturated heterocycles. The Labute approximate surface area is 182 Å². The van der Waals surface area contributed by atoms with Crippen LogP contribution in [0.1, 0.15) is 20.8 Å². The average Bonchev–Trinajstić information content (AvgIpc) is 3.38. The van der Waals surface area contributed by atoms with Gasteiger partial charge in [0.05, 0.1) is 17.7 Å². The van der Waals surface area contributed by atoms with Gasteiger partial charge in [0.1, 0.15) is 11.3 Å². The van der Waals surface area contributed by atoms with Crippen LogP contribution in [-0.2, 0) is 0 Å². The number of hydrogen-bond acceptors (Lipinski definition) is 6. The molecule has 8 heteroatoms. The van der Waals surface area contributed by atoms with Crippen LogP contribution in [0.2, 0.25) is 0 Å². The predicted octanol–water partition coefficient (Wildman–Crippen LogP) is 5.31. The average molecular weight is 438 g/mol. The molecule has 0 aliphatic carbocycles. The fraction of sp³-hybridized carbons (Fsp3) is 0.136. The number of anilines is 1. The second-order valence-electron chi connectivity index (χ2n) is 6.72. The van der Waals surface area contributed by atoms with Gasteiger partial charge in [0.2, 0.25) is 5.89 Å². The zero-order chi connectivity index (χ0) is 21.3. The minimum absolute atomic E-state index is 0.174. The van der Waals surface area contributed by atoms with Crippen LogP contribution < -0.4 is 15.4 Å². The number of aromatic nitrogens is 1. The highest BCUT2D eigenvalue weighted by molar-refractivity contribution is 7.80. The van der Waals surface area contributed by atoms with Gasteiger partial charge in [-0.1, -0.05) is 6.07 Å². The molecule has 4 rings (SSSR count). The van der Waals surface area contributed by atoms with Gasteiger partial charge in [-0.3, -0.25) is 10.1 Å². The van der Waals surface area contributed by atoms with E-state index in [9.17, 15) is 4.79 Å². The zero-order valence-electron chi connectivity index (χ0n) is 16.6. The van der Waals surface area contributed by atoms with Crippen molar-refractivity contribution < 1.29 is 13.9 Å². The van der Waals surface area contributed by atoms with E-state index < -0.39 is 0 Å². The summed E-state index contributed by atoms with van der Waals surface area (Å²) in [5, 5.41) is 7.71. The number of fused-ring (bicyclic) bond motifs is 1. The summed E-state index contributed by atoms with van der Waals surface area (Å²) in [7, 11) is 1.57. The van der Waals surface area contributed by atoms with Crippen molar-refractivity contribution in [3.63, 3.8) is 0 Å². The number of thiocarbonyl (C=S) groups is 1. The van der Waals surface area contributed by atoms with Crippen LogP contribution in [0.3, 0.4) is 0 Å². The van der Waals surface area contributed by atoms with Gasteiger partial charge < -0.3 is 14.5 Å². The standard InChI is InChI=1S/C22H19N3O3S2/c1-12-9-15-18(10-13(12)2)28-21(23-15)14-6-7-17(27-3)16(11-14)24-22(29)25-20(26)19-5-4-8-30-19/h4-11H,1-3H3,(H2,24,25,26,29). The number of methoxy groups -OCH3 is 1. The van der Waals surface area contributed by atoms with E-state index in [4.69, 9.17) is 21.4 Å². The summed E-state index contributed by atoms with van der Waals surface area (Å²) in [4.78, 5) is 17.4. The third kappa shape index (κ3) is 4.05. The minimum atomic E-state index is -0.262. The molecule has 0 bridgehead atoms. The Morgan fingerprint density at radius 2 is 1.97 bits per heavy atom. The monoisotopic (exact) mass is 437 g/mol. The third-order valence-electron chi connectivity index (χ3n) is 4.67. The maximum Gasteiger partial charge on any atom is 0.267 e. The number of aryl methyl sites for hydroxylation is 2. The molecule has 0 saturated carbocycles. The highest BCUT2D eigenvalue weighted by Gasteiger charge is 2.15. The molecular formula is C22H19N3O3S2. The number of amides is 1. The maximum atomic E-state index is 12.2. The second kappa shape index (κ2) is 8.25. The quantitative estimate of drug-likeness (QED) is 0.422. The topological polar surface area (TPSA) is 76.4 Å². The van der Waals surface area contributed by atoms with Crippen molar-refractivity contribution in [2.24, 2.45) is 0 Å². The van der Waals surface area contributed by atoms with Gasteiger partial charge in [0.25, 0.3) is 5.91 Å². The van der Waals surface area contributed by atoms with Gasteiger partial charge in [0.15, 0.2) is 10.7 Å². The number of nitrogens with zero attached hydrogens (tertiary/aromatic N) is 1. The lowest BCUT2D eigenvalue weighted by molar-refractivity contribution is 0.0981. The summed E-state index contributed by atoms with van der Waals surface area (Å²) in [6, 6.07) is 13.0. The molecule has 30 heavy (non-hydrogen) atoms. The molecule has 0 spiro atoms. The lowest BCUT2D eigenvalue weighted by Crippen LogP contribution is -2.33. The Bertz CT molecular complexity index is 1210. The van der Waals surface area contributed by atoms with Gasteiger partial charge in [-0.15, -0.1) is 11.3 Å². The van der Waals surface area contributed by atoms with Crippen LogP contribution in [0.5, 0.6) is 5.75 Å². The Kier molecular flexibility index (Phi) is 5.52. The highest BCUT2D eigenvalue weighted by atomic mass is 32.1. The molecule has 0 fully saturated rings. The van der Waals surface area contributed by atoms with Crippen LogP contribution in [-0.4, -0.2) is 23.1 Å². The van der Waals surface area contributed by atoms with E-state index >= 15 is 0 Å². The van der Waals surface area contributed by atoms with Gasteiger partial charge in [-0.05, 0) is 79.0 Å². The van der Waals surface area contributed by atoms with Gasteiger partial charge >= 0.3 is 0 Å². The van der Waals surface area contributed by atoms with Crippen LogP contribution in [0, 0.1) is 13.8 Å². The van der Waals surface area contributed by atoms with Crippen LogP contribution >= 0.6 is 23.6 Å². The molecule has 152 valence electrons. The van der Waals surface area contributed by atoms with E-state index in [1.165, 1.54) is 11.3 Å². The molecule has 6 nitrogen and oxygen atoms in total. The van der Waals surface area contributed by atoms with Crippen molar-refractivity contribution in [3.8, 4) is 17.2 Å². The molecule has 2 aromatic carbocycles. The van der Waals surface area contributed by atoms with Crippen molar-refractivity contribution >= 4 is 51.4 Å². The smallest absolute Gasteiger partial charge is 0.267 e. The van der Waals surface area contributed by atoms with Crippen molar-refractivity contribution in [1.29, 1.82) is 0 Å². The summed E-state index contributed by atoms with van der Waals surface area (Å²) >= 11 is 6.65. The summed E-state index contributed by atoms with van der Waals surface area (Å²) < 4.78 is 11.4. The first-order valence-electron chi connectivity index (χ1n) is 9.16. The molecule has 2 N–H and O–H groups in total. The Morgan fingerprint density at radius 1 is 1.17 bits per heavy atom. The fourth-order valence-electron chi connectivity index (χ4n) is 2.97. The molecule has 0 aliphatic heterocycles. The SMILES string of the molecule is COc1ccc(-c2nc3cc(C)c(C)cc3o2)cc1NC(=S)NC(=O)c1cccs1. The number of oxazole rings is 1. The number of rotatable bonds is 4. The number of ether oxygens (including phenoxy) is 1. The molecule has 0 unspecified atom stereocenters. The van der Waals surface area contributed by atoms with Crippen LogP contribution in [0.25, 0.3) is 22.6 Å². The maximum absolute atomic E-state index is 12.2. The third-order valence-corrected chi connectivity index (χ3v) is 5.74. The number of hydrogen-bond donors (Lipinski definition) is 2. The molecule has 2 heterocycles. The molecule has 0 atom stereocenters. The largest absolute Gasteiger partial charge is 0.495 e. The lowest BCUT2D eigenvalue weighted by Gasteiger charge is -2.13. The van der Waals surface area contributed by atoms with Crippen molar-refractivity contribution in [3.05, 3.63) is 63.8 Å². The first-order chi connectivity index (χ1) is 14.4. The number of carbonyl (C=O) groups is 1. The van der Waals surface area contributed by atoms with Crippen molar-refractivity contribution in [1.82, 2.24) is 10.3 Å². The van der Waals surface area contributed by atoms with E-state index in [0.29, 0.717) is 22.2 Å². The van der Waals surface area contributed by atoms with E-state index in [-0.39, 0.29) is 11.0 Å². The first kappa shape index (κ1) is 20.1. The van der Waals surface area contributed by atoms with E-state index in [1.807, 2.05) is 49.6 Å². The molecule has 2 aromatic heterocycles. The normalized spacial score (nSPS) is 10.8. The van der Waals surface area contributed by atoms with Crippen molar-refractivity contribution in [2.45, 2.75) is 13.8 Å². The molecule has 1 amide bonds. The lowest BCUT2D eigenvalue weighted by atomic mass is 10.1. The van der Waals surface area contributed by atoms with Crippen LogP contribution in [0.4, 0.5) is 5.69 Å². The second-order valence-corrected chi connectivity index (χ2v) is 8.08. The molecule has 4 aromatic rings. The summed E-state index contributed by atoms with van der Waals surface area (Å²) in [6.07, 6.45) is 0. The number of benzene rings is 2. The Balaban J connectivity index is 1.60.